The molecule has 2 aromatic heterocycles. The normalized spacial score (nSPS) is 17.0. The van der Waals surface area contributed by atoms with Crippen molar-refractivity contribution in [2.24, 2.45) is 5.92 Å². The highest BCUT2D eigenvalue weighted by Gasteiger charge is 2.35. The molecule has 0 unspecified atom stereocenters. The lowest BCUT2D eigenvalue weighted by Gasteiger charge is -2.19. The standard InChI is InChI=1S/C21H24N6O3/c1-13-5-7-15(8-6-13)25-11-14(9-17(25)28)19(29)24-26-12-22-18-16(20(26)30)10-23-27(18)21(2,3)4/h5-8,10,12,14H,9,11H2,1-4H3,(H,24,29)/t14-/m1/s1. The summed E-state index contributed by atoms with van der Waals surface area (Å²) < 4.78 is 2.73. The van der Waals surface area contributed by atoms with Crippen LogP contribution in [0.3, 0.4) is 0 Å². The number of hydrogen-bond donors (Lipinski definition) is 1. The Hall–Kier alpha value is -3.49. The highest BCUT2D eigenvalue weighted by Crippen LogP contribution is 2.25. The smallest absolute Gasteiger partial charge is 0.283 e. The zero-order valence-corrected chi connectivity index (χ0v) is 17.4. The zero-order chi connectivity index (χ0) is 21.6. The fourth-order valence-electron chi connectivity index (χ4n) is 3.55. The van der Waals surface area contributed by atoms with E-state index in [2.05, 4.69) is 15.5 Å². The molecule has 0 spiro atoms. The molecule has 30 heavy (non-hydrogen) atoms. The predicted molar refractivity (Wildman–Crippen MR) is 113 cm³/mol. The number of rotatable bonds is 3. The number of anilines is 1. The molecule has 156 valence electrons. The van der Waals surface area contributed by atoms with E-state index in [9.17, 15) is 14.4 Å². The largest absolute Gasteiger partial charge is 0.312 e. The van der Waals surface area contributed by atoms with Crippen molar-refractivity contribution >= 4 is 28.5 Å². The van der Waals surface area contributed by atoms with Crippen LogP contribution in [0.2, 0.25) is 0 Å². The number of amides is 2. The quantitative estimate of drug-likeness (QED) is 0.712. The SMILES string of the molecule is Cc1ccc(N2C[C@H](C(=O)Nn3cnc4c(cnn4C(C)(C)C)c3=O)CC2=O)cc1. The van der Waals surface area contributed by atoms with Gasteiger partial charge < -0.3 is 4.90 Å². The summed E-state index contributed by atoms with van der Waals surface area (Å²) in [6.07, 6.45) is 2.82. The second-order valence-corrected chi connectivity index (χ2v) is 8.60. The Morgan fingerprint density at radius 1 is 1.17 bits per heavy atom. The Morgan fingerprint density at radius 2 is 1.87 bits per heavy atom. The van der Waals surface area contributed by atoms with E-state index >= 15 is 0 Å². The first-order valence-electron chi connectivity index (χ1n) is 9.79. The summed E-state index contributed by atoms with van der Waals surface area (Å²) in [5.74, 6) is -1.07. The van der Waals surface area contributed by atoms with Crippen LogP contribution in [0.1, 0.15) is 32.8 Å². The van der Waals surface area contributed by atoms with Gasteiger partial charge in [0.2, 0.25) is 11.8 Å². The Kier molecular flexibility index (Phi) is 4.68. The first-order chi connectivity index (χ1) is 14.1. The van der Waals surface area contributed by atoms with E-state index in [0.717, 1.165) is 15.9 Å². The number of hydrogen-bond acceptors (Lipinski definition) is 5. The molecule has 0 aliphatic carbocycles. The summed E-state index contributed by atoms with van der Waals surface area (Å²) in [6, 6.07) is 7.58. The molecule has 1 fully saturated rings. The van der Waals surface area contributed by atoms with E-state index in [1.54, 1.807) is 9.58 Å². The van der Waals surface area contributed by atoms with Crippen molar-refractivity contribution in [3.05, 3.63) is 52.7 Å². The molecule has 3 heterocycles. The molecule has 1 N–H and O–H groups in total. The maximum atomic E-state index is 12.8. The second-order valence-electron chi connectivity index (χ2n) is 8.60. The van der Waals surface area contributed by atoms with E-state index in [1.165, 1.54) is 12.5 Å². The molecular formula is C21H24N6O3. The van der Waals surface area contributed by atoms with Crippen molar-refractivity contribution in [1.82, 2.24) is 19.4 Å². The molecule has 1 saturated heterocycles. The maximum Gasteiger partial charge on any atom is 0.283 e. The third-order valence-corrected chi connectivity index (χ3v) is 5.20. The molecule has 0 saturated carbocycles. The molecule has 1 aliphatic heterocycles. The maximum absolute atomic E-state index is 12.8. The lowest BCUT2D eigenvalue weighted by atomic mass is 10.1. The number of carbonyl (C=O) groups excluding carboxylic acids is 2. The number of nitrogens with zero attached hydrogens (tertiary/aromatic N) is 5. The molecule has 0 radical (unpaired) electrons. The number of aromatic nitrogens is 4. The van der Waals surface area contributed by atoms with Crippen molar-refractivity contribution in [3.8, 4) is 0 Å². The number of carbonyl (C=O) groups is 2. The van der Waals surface area contributed by atoms with Gasteiger partial charge in [-0.1, -0.05) is 17.7 Å². The molecule has 9 nitrogen and oxygen atoms in total. The summed E-state index contributed by atoms with van der Waals surface area (Å²) in [6.45, 7) is 8.13. The highest BCUT2D eigenvalue weighted by atomic mass is 16.2. The summed E-state index contributed by atoms with van der Waals surface area (Å²) in [7, 11) is 0. The van der Waals surface area contributed by atoms with Crippen molar-refractivity contribution in [3.63, 3.8) is 0 Å². The van der Waals surface area contributed by atoms with Gasteiger partial charge in [0.15, 0.2) is 5.65 Å². The predicted octanol–water partition coefficient (Wildman–Crippen LogP) is 1.78. The first-order valence-corrected chi connectivity index (χ1v) is 9.79. The van der Waals surface area contributed by atoms with Crippen LogP contribution in [-0.4, -0.2) is 37.8 Å². The summed E-state index contributed by atoms with van der Waals surface area (Å²) >= 11 is 0. The van der Waals surface area contributed by atoms with Crippen molar-refractivity contribution in [2.45, 2.75) is 39.7 Å². The number of benzene rings is 1. The summed E-state index contributed by atoms with van der Waals surface area (Å²) in [5, 5.41) is 4.58. The summed E-state index contributed by atoms with van der Waals surface area (Å²) in [5.41, 5.74) is 4.15. The minimum atomic E-state index is -0.557. The highest BCUT2D eigenvalue weighted by molar-refractivity contribution is 6.01. The molecular weight excluding hydrogens is 384 g/mol. The van der Waals surface area contributed by atoms with Gasteiger partial charge in [0.25, 0.3) is 5.56 Å². The lowest BCUT2D eigenvalue weighted by Crippen LogP contribution is -2.37. The lowest BCUT2D eigenvalue weighted by molar-refractivity contribution is -0.123. The van der Waals surface area contributed by atoms with E-state index < -0.39 is 17.4 Å². The van der Waals surface area contributed by atoms with Gasteiger partial charge >= 0.3 is 0 Å². The first kappa shape index (κ1) is 19.8. The van der Waals surface area contributed by atoms with E-state index in [4.69, 9.17) is 0 Å². The molecule has 1 aromatic carbocycles. The molecule has 4 rings (SSSR count). The van der Waals surface area contributed by atoms with E-state index in [1.807, 2.05) is 52.0 Å². The number of nitrogens with one attached hydrogen (secondary N) is 1. The van der Waals surface area contributed by atoms with Crippen LogP contribution in [-0.2, 0) is 15.1 Å². The third-order valence-electron chi connectivity index (χ3n) is 5.20. The van der Waals surface area contributed by atoms with Gasteiger partial charge in [-0.05, 0) is 39.8 Å². The average molecular weight is 408 g/mol. The molecule has 2 amide bonds. The fourth-order valence-corrected chi connectivity index (χ4v) is 3.55. The van der Waals surface area contributed by atoms with Gasteiger partial charge in [-0.3, -0.25) is 19.8 Å². The molecule has 1 atom stereocenters. The Morgan fingerprint density at radius 3 is 2.53 bits per heavy atom. The summed E-state index contributed by atoms with van der Waals surface area (Å²) in [4.78, 5) is 43.8. The van der Waals surface area contributed by atoms with Crippen LogP contribution in [0.4, 0.5) is 5.69 Å². The minimum Gasteiger partial charge on any atom is -0.312 e. The van der Waals surface area contributed by atoms with Crippen LogP contribution >= 0.6 is 0 Å². The van der Waals surface area contributed by atoms with Crippen LogP contribution < -0.4 is 15.9 Å². The van der Waals surface area contributed by atoms with Crippen molar-refractivity contribution in [1.29, 1.82) is 0 Å². The molecule has 9 heteroatoms. The fraction of sp³-hybridized carbons (Fsp3) is 0.381. The third kappa shape index (κ3) is 3.47. The van der Waals surface area contributed by atoms with Crippen LogP contribution in [0.5, 0.6) is 0 Å². The Balaban J connectivity index is 1.53. The molecule has 3 aromatic rings. The van der Waals surface area contributed by atoms with Crippen LogP contribution in [0.15, 0.2) is 41.6 Å². The van der Waals surface area contributed by atoms with Crippen LogP contribution in [0.25, 0.3) is 11.0 Å². The van der Waals surface area contributed by atoms with Gasteiger partial charge in [0, 0.05) is 18.7 Å². The van der Waals surface area contributed by atoms with Gasteiger partial charge in [0.1, 0.15) is 11.7 Å². The van der Waals surface area contributed by atoms with Gasteiger partial charge in [-0.2, -0.15) is 5.10 Å². The van der Waals surface area contributed by atoms with Crippen LogP contribution in [0, 0.1) is 12.8 Å². The average Bonchev–Trinajstić information content (AvgIpc) is 3.29. The van der Waals surface area contributed by atoms with Gasteiger partial charge in [-0.15, -0.1) is 0 Å². The minimum absolute atomic E-state index is 0.0894. The zero-order valence-electron chi connectivity index (χ0n) is 17.4. The van der Waals surface area contributed by atoms with E-state index in [0.29, 0.717) is 11.0 Å². The van der Waals surface area contributed by atoms with E-state index in [-0.39, 0.29) is 24.4 Å². The molecule has 0 bridgehead atoms. The number of aryl methyl sites for hydroxylation is 1. The molecule has 1 aliphatic rings. The van der Waals surface area contributed by atoms with Crippen molar-refractivity contribution < 1.29 is 9.59 Å². The Bertz CT molecular complexity index is 1190. The van der Waals surface area contributed by atoms with Gasteiger partial charge in [-0.25, -0.2) is 14.3 Å². The van der Waals surface area contributed by atoms with Gasteiger partial charge in [0.05, 0.1) is 17.7 Å². The number of fused-ring (bicyclic) bond motifs is 1. The Labute approximate surface area is 173 Å². The topological polar surface area (TPSA) is 102 Å². The monoisotopic (exact) mass is 408 g/mol. The van der Waals surface area contributed by atoms with Crippen molar-refractivity contribution in [2.75, 3.05) is 16.9 Å². The second kappa shape index (κ2) is 7.08.